The highest BCUT2D eigenvalue weighted by Crippen LogP contribution is 2.41. The predicted octanol–water partition coefficient (Wildman–Crippen LogP) is 9.42. The average Bonchev–Trinajstić information content (AvgIpc) is 3.70. The molecule has 0 unspecified atom stereocenters. The standard InChI is InChI=1S/C37H24N4O2/c1-40-30-13-4-3-12-29(30)39-37(40)23-9-8-10-24(21-23)42-25-16-17-26-27-18-19-33-35(28-11-2-5-14-32(28)43-33)36(27)41(31(26)22-25)34-15-6-7-20-38-34/h2-22H,1H3. The second-order valence-corrected chi connectivity index (χ2v) is 10.7. The molecule has 43 heavy (non-hydrogen) atoms. The number of hydrogen-bond donors (Lipinski definition) is 0. The molecule has 4 heterocycles. The highest BCUT2D eigenvalue weighted by Gasteiger charge is 2.20. The average molecular weight is 557 g/mol. The summed E-state index contributed by atoms with van der Waals surface area (Å²) in [6.07, 6.45) is 1.83. The molecule has 204 valence electrons. The SMILES string of the molecule is Cn1c(-c2cccc(Oc3ccc4c5ccc6oc7ccccc7c6c5n(-c5ccccn5)c4c3)c2)nc2ccccc21. The molecule has 9 aromatic rings. The number of imidazole rings is 1. The molecule has 9 rings (SSSR count). The zero-order valence-corrected chi connectivity index (χ0v) is 23.2. The van der Waals surface area contributed by atoms with Crippen LogP contribution in [0.4, 0.5) is 0 Å². The molecular weight excluding hydrogens is 532 g/mol. The lowest BCUT2D eigenvalue weighted by Gasteiger charge is -2.10. The van der Waals surface area contributed by atoms with Crippen LogP contribution in [-0.4, -0.2) is 19.1 Å². The maximum absolute atomic E-state index is 6.50. The van der Waals surface area contributed by atoms with Crippen molar-refractivity contribution in [1.29, 1.82) is 0 Å². The number of para-hydroxylation sites is 3. The van der Waals surface area contributed by atoms with Gasteiger partial charge in [-0.25, -0.2) is 9.97 Å². The fourth-order valence-electron chi connectivity index (χ4n) is 6.32. The predicted molar refractivity (Wildman–Crippen MR) is 172 cm³/mol. The van der Waals surface area contributed by atoms with Gasteiger partial charge in [-0.2, -0.15) is 0 Å². The van der Waals surface area contributed by atoms with Gasteiger partial charge in [-0.1, -0.05) is 48.5 Å². The number of furan rings is 1. The largest absolute Gasteiger partial charge is 0.457 e. The van der Waals surface area contributed by atoms with Crippen molar-refractivity contribution in [2.45, 2.75) is 0 Å². The van der Waals surface area contributed by atoms with Crippen LogP contribution in [0.5, 0.6) is 11.5 Å². The number of ether oxygens (including phenoxy) is 1. The maximum atomic E-state index is 6.50. The van der Waals surface area contributed by atoms with E-state index in [1.54, 1.807) is 0 Å². The van der Waals surface area contributed by atoms with Crippen LogP contribution in [0.2, 0.25) is 0 Å². The molecule has 0 amide bonds. The van der Waals surface area contributed by atoms with Gasteiger partial charge in [0.1, 0.15) is 34.3 Å². The number of rotatable bonds is 4. The zero-order valence-electron chi connectivity index (χ0n) is 23.2. The van der Waals surface area contributed by atoms with Gasteiger partial charge in [0, 0.05) is 41.0 Å². The lowest BCUT2D eigenvalue weighted by atomic mass is 10.1. The van der Waals surface area contributed by atoms with E-state index in [1.807, 2.05) is 86.0 Å². The van der Waals surface area contributed by atoms with Crippen molar-refractivity contribution < 1.29 is 9.15 Å². The fraction of sp³-hybridized carbons (Fsp3) is 0.0270. The summed E-state index contributed by atoms with van der Waals surface area (Å²) in [4.78, 5) is 9.63. The van der Waals surface area contributed by atoms with Crippen LogP contribution in [-0.2, 0) is 7.05 Å². The topological polar surface area (TPSA) is 58.0 Å². The van der Waals surface area contributed by atoms with Crippen molar-refractivity contribution in [1.82, 2.24) is 19.1 Å². The van der Waals surface area contributed by atoms with E-state index in [0.717, 1.165) is 83.5 Å². The van der Waals surface area contributed by atoms with E-state index < -0.39 is 0 Å². The molecule has 4 aromatic heterocycles. The van der Waals surface area contributed by atoms with E-state index in [9.17, 15) is 0 Å². The molecule has 0 fully saturated rings. The minimum atomic E-state index is 0.739. The summed E-state index contributed by atoms with van der Waals surface area (Å²) in [7, 11) is 2.04. The van der Waals surface area contributed by atoms with Gasteiger partial charge < -0.3 is 13.7 Å². The molecule has 0 radical (unpaired) electrons. The molecule has 6 nitrogen and oxygen atoms in total. The second-order valence-electron chi connectivity index (χ2n) is 10.7. The molecular formula is C37H24N4O2. The van der Waals surface area contributed by atoms with E-state index in [0.29, 0.717) is 0 Å². The Balaban J connectivity index is 1.22. The number of benzene rings is 5. The first kappa shape index (κ1) is 23.8. The van der Waals surface area contributed by atoms with Gasteiger partial charge in [-0.15, -0.1) is 0 Å². The van der Waals surface area contributed by atoms with E-state index >= 15 is 0 Å². The first-order chi connectivity index (χ1) is 21.2. The van der Waals surface area contributed by atoms with E-state index in [2.05, 4.69) is 57.7 Å². The molecule has 0 aliphatic rings. The number of fused-ring (bicyclic) bond motifs is 8. The lowest BCUT2D eigenvalue weighted by molar-refractivity contribution is 0.483. The molecule has 5 aromatic carbocycles. The number of aromatic nitrogens is 4. The Bertz CT molecular complexity index is 2500. The summed E-state index contributed by atoms with van der Waals surface area (Å²) >= 11 is 0. The van der Waals surface area contributed by atoms with Crippen molar-refractivity contribution in [3.8, 4) is 28.7 Å². The van der Waals surface area contributed by atoms with Gasteiger partial charge in [0.25, 0.3) is 0 Å². The lowest BCUT2D eigenvalue weighted by Crippen LogP contribution is -1.97. The third-order valence-electron chi connectivity index (χ3n) is 8.23. The van der Waals surface area contributed by atoms with Gasteiger partial charge in [0.2, 0.25) is 0 Å². The smallest absolute Gasteiger partial charge is 0.140 e. The van der Waals surface area contributed by atoms with Crippen LogP contribution in [0.3, 0.4) is 0 Å². The van der Waals surface area contributed by atoms with Crippen molar-refractivity contribution in [3.05, 3.63) is 128 Å². The van der Waals surface area contributed by atoms with Gasteiger partial charge >= 0.3 is 0 Å². The molecule has 0 N–H and O–H groups in total. The summed E-state index contributed by atoms with van der Waals surface area (Å²) < 4.78 is 17.1. The first-order valence-corrected chi connectivity index (χ1v) is 14.2. The number of aryl methyl sites for hydroxylation is 1. The molecule has 6 heteroatoms. The normalized spacial score (nSPS) is 11.8. The van der Waals surface area contributed by atoms with E-state index in [4.69, 9.17) is 19.1 Å². The molecule has 0 aliphatic carbocycles. The summed E-state index contributed by atoms with van der Waals surface area (Å²) in [6, 6.07) is 40.9. The van der Waals surface area contributed by atoms with Crippen molar-refractivity contribution >= 4 is 54.8 Å². The number of pyridine rings is 1. The van der Waals surface area contributed by atoms with Gasteiger partial charge in [0.15, 0.2) is 0 Å². The van der Waals surface area contributed by atoms with E-state index in [-0.39, 0.29) is 0 Å². The highest BCUT2D eigenvalue weighted by molar-refractivity contribution is 6.24. The second kappa shape index (κ2) is 9.06. The Hall–Kier alpha value is -5.88. The molecule has 0 aliphatic heterocycles. The van der Waals surface area contributed by atoms with Crippen LogP contribution >= 0.6 is 0 Å². The van der Waals surface area contributed by atoms with Crippen LogP contribution < -0.4 is 4.74 Å². The minimum Gasteiger partial charge on any atom is -0.457 e. The van der Waals surface area contributed by atoms with Gasteiger partial charge in [-0.3, -0.25) is 4.57 Å². The summed E-state index contributed by atoms with van der Waals surface area (Å²) in [6.45, 7) is 0. The summed E-state index contributed by atoms with van der Waals surface area (Å²) in [5.74, 6) is 3.21. The van der Waals surface area contributed by atoms with Crippen LogP contribution in [0.15, 0.2) is 132 Å². The minimum absolute atomic E-state index is 0.739. The molecule has 0 spiro atoms. The maximum Gasteiger partial charge on any atom is 0.140 e. The monoisotopic (exact) mass is 556 g/mol. The highest BCUT2D eigenvalue weighted by atomic mass is 16.5. The van der Waals surface area contributed by atoms with Crippen molar-refractivity contribution in [2.75, 3.05) is 0 Å². The Morgan fingerprint density at radius 2 is 1.49 bits per heavy atom. The molecule has 0 saturated carbocycles. The number of hydrogen-bond acceptors (Lipinski definition) is 4. The number of nitrogens with zero attached hydrogens (tertiary/aromatic N) is 4. The molecule has 0 bridgehead atoms. The van der Waals surface area contributed by atoms with Gasteiger partial charge in [0.05, 0.1) is 27.5 Å². The molecule has 0 atom stereocenters. The third-order valence-corrected chi connectivity index (χ3v) is 8.23. The van der Waals surface area contributed by atoms with Crippen molar-refractivity contribution in [2.24, 2.45) is 7.05 Å². The fourth-order valence-corrected chi connectivity index (χ4v) is 6.32. The third kappa shape index (κ3) is 3.60. The Morgan fingerprint density at radius 3 is 2.40 bits per heavy atom. The molecule has 0 saturated heterocycles. The van der Waals surface area contributed by atoms with Crippen molar-refractivity contribution in [3.63, 3.8) is 0 Å². The van der Waals surface area contributed by atoms with Crippen LogP contribution in [0, 0.1) is 0 Å². The van der Waals surface area contributed by atoms with E-state index in [1.165, 1.54) is 0 Å². The first-order valence-electron chi connectivity index (χ1n) is 14.2. The van der Waals surface area contributed by atoms with Crippen LogP contribution in [0.1, 0.15) is 0 Å². The summed E-state index contributed by atoms with van der Waals surface area (Å²) in [5.41, 5.74) is 6.85. The van der Waals surface area contributed by atoms with Gasteiger partial charge in [-0.05, 0) is 66.7 Å². The zero-order chi connectivity index (χ0) is 28.5. The Morgan fingerprint density at radius 1 is 0.651 bits per heavy atom. The van der Waals surface area contributed by atoms with Crippen LogP contribution in [0.25, 0.3) is 72.0 Å². The Labute approximate surface area is 246 Å². The summed E-state index contributed by atoms with van der Waals surface area (Å²) in [5, 5.41) is 4.41. The quantitative estimate of drug-likeness (QED) is 0.217. The Kier molecular flexibility index (Phi) is 5.01.